The third kappa shape index (κ3) is 2.49. The highest BCUT2D eigenvalue weighted by Gasteiger charge is 2.04. The van der Waals surface area contributed by atoms with Crippen molar-refractivity contribution in [2.45, 2.75) is 26.8 Å². The van der Waals surface area contributed by atoms with E-state index < -0.39 is 0 Å². The number of nitrogens with zero attached hydrogens (tertiary/aromatic N) is 1. The van der Waals surface area contributed by atoms with Crippen LogP contribution in [0, 0.1) is 25.2 Å². The number of nitriles is 1. The highest BCUT2D eigenvalue weighted by atomic mass is 79.9. The molecule has 0 bridgehead atoms. The van der Waals surface area contributed by atoms with Crippen molar-refractivity contribution in [3.8, 4) is 6.07 Å². The van der Waals surface area contributed by atoms with Gasteiger partial charge in [-0.25, -0.2) is 0 Å². The number of aryl methyl sites for hydroxylation is 2. The Bertz CT molecular complexity index is 356. The number of benzene rings is 1. The minimum Gasteiger partial charge on any atom is -0.370 e. The quantitative estimate of drug-likeness (QED) is 0.876. The molecule has 0 radical (unpaired) electrons. The fourth-order valence-electron chi connectivity index (χ4n) is 1.31. The molecular weight excluding hydrogens is 240 g/mol. The van der Waals surface area contributed by atoms with Crippen LogP contribution in [0.5, 0.6) is 0 Å². The topological polar surface area (TPSA) is 35.8 Å². The third-order valence-electron chi connectivity index (χ3n) is 2.01. The summed E-state index contributed by atoms with van der Waals surface area (Å²) in [7, 11) is 0. The Morgan fingerprint density at radius 2 is 1.86 bits per heavy atom. The number of anilines is 1. The highest BCUT2D eigenvalue weighted by molar-refractivity contribution is 9.10. The zero-order valence-corrected chi connectivity index (χ0v) is 10.1. The Morgan fingerprint density at radius 3 is 2.29 bits per heavy atom. The summed E-state index contributed by atoms with van der Waals surface area (Å²) in [6.45, 7) is 5.92. The van der Waals surface area contributed by atoms with Gasteiger partial charge in [0.2, 0.25) is 0 Å². The average molecular weight is 253 g/mol. The summed E-state index contributed by atoms with van der Waals surface area (Å²) in [4.78, 5) is 0. The first-order chi connectivity index (χ1) is 6.54. The first-order valence-electron chi connectivity index (χ1n) is 4.47. The van der Waals surface area contributed by atoms with E-state index >= 15 is 0 Å². The molecule has 1 rings (SSSR count). The number of halogens is 1. The van der Waals surface area contributed by atoms with Crippen LogP contribution >= 0.6 is 15.9 Å². The summed E-state index contributed by atoms with van der Waals surface area (Å²) < 4.78 is 1.13. The lowest BCUT2D eigenvalue weighted by Crippen LogP contribution is -2.12. The average Bonchev–Trinajstić information content (AvgIpc) is 2.14. The van der Waals surface area contributed by atoms with Gasteiger partial charge < -0.3 is 5.32 Å². The fourth-order valence-corrected chi connectivity index (χ4v) is 1.54. The van der Waals surface area contributed by atoms with Crippen molar-refractivity contribution in [1.82, 2.24) is 0 Å². The molecule has 1 N–H and O–H groups in total. The van der Waals surface area contributed by atoms with Gasteiger partial charge in [-0.05, 0) is 44.0 Å². The van der Waals surface area contributed by atoms with Crippen LogP contribution < -0.4 is 5.32 Å². The molecule has 0 spiro atoms. The molecule has 0 aliphatic heterocycles. The molecule has 0 aromatic heterocycles. The van der Waals surface area contributed by atoms with Gasteiger partial charge in [0.1, 0.15) is 6.04 Å². The standard InChI is InChI=1S/C11H13BrN2/c1-7-4-10(14-9(3)6-13)5-8(2)11(7)12/h4-5,9,14H,1-3H3. The van der Waals surface area contributed by atoms with Crippen LogP contribution in [0.4, 0.5) is 5.69 Å². The van der Waals surface area contributed by atoms with Crippen molar-refractivity contribution in [2.24, 2.45) is 0 Å². The lowest BCUT2D eigenvalue weighted by molar-refractivity contribution is 1.01. The molecule has 1 atom stereocenters. The number of hydrogen-bond donors (Lipinski definition) is 1. The minimum absolute atomic E-state index is 0.157. The maximum atomic E-state index is 8.67. The van der Waals surface area contributed by atoms with Gasteiger partial charge in [-0.3, -0.25) is 0 Å². The molecule has 14 heavy (non-hydrogen) atoms. The number of rotatable bonds is 2. The SMILES string of the molecule is Cc1cc(NC(C)C#N)cc(C)c1Br. The van der Waals surface area contributed by atoms with Crippen LogP contribution in [0.3, 0.4) is 0 Å². The Morgan fingerprint density at radius 1 is 1.36 bits per heavy atom. The van der Waals surface area contributed by atoms with E-state index in [-0.39, 0.29) is 6.04 Å². The zero-order valence-electron chi connectivity index (χ0n) is 8.56. The minimum atomic E-state index is -0.157. The van der Waals surface area contributed by atoms with Gasteiger partial charge in [0.05, 0.1) is 6.07 Å². The first kappa shape index (κ1) is 11.1. The van der Waals surface area contributed by atoms with Gasteiger partial charge in [0.25, 0.3) is 0 Å². The van der Waals surface area contributed by atoms with E-state index in [1.807, 2.05) is 32.9 Å². The molecule has 1 aromatic rings. The van der Waals surface area contributed by atoms with E-state index in [0.717, 1.165) is 10.2 Å². The van der Waals surface area contributed by atoms with E-state index in [9.17, 15) is 0 Å². The van der Waals surface area contributed by atoms with Crippen molar-refractivity contribution in [1.29, 1.82) is 5.26 Å². The van der Waals surface area contributed by atoms with Crippen LogP contribution in [-0.4, -0.2) is 6.04 Å². The number of nitrogens with one attached hydrogen (secondary N) is 1. The smallest absolute Gasteiger partial charge is 0.111 e. The molecule has 2 nitrogen and oxygen atoms in total. The summed E-state index contributed by atoms with van der Waals surface area (Å²) in [6.07, 6.45) is 0. The van der Waals surface area contributed by atoms with Gasteiger partial charge in [0, 0.05) is 10.2 Å². The van der Waals surface area contributed by atoms with Crippen molar-refractivity contribution in [3.63, 3.8) is 0 Å². The van der Waals surface area contributed by atoms with Crippen molar-refractivity contribution in [2.75, 3.05) is 5.32 Å². The molecular formula is C11H13BrN2. The van der Waals surface area contributed by atoms with Gasteiger partial charge in [-0.15, -0.1) is 0 Å². The normalized spacial score (nSPS) is 11.9. The van der Waals surface area contributed by atoms with Gasteiger partial charge in [-0.2, -0.15) is 5.26 Å². The van der Waals surface area contributed by atoms with Gasteiger partial charge >= 0.3 is 0 Å². The van der Waals surface area contributed by atoms with Crippen LogP contribution in [0.25, 0.3) is 0 Å². The highest BCUT2D eigenvalue weighted by Crippen LogP contribution is 2.25. The summed E-state index contributed by atoms with van der Waals surface area (Å²) in [5.74, 6) is 0. The predicted octanol–water partition coefficient (Wildman–Crippen LogP) is 3.39. The molecule has 0 amide bonds. The molecule has 0 aliphatic carbocycles. The Labute approximate surface area is 93.1 Å². The van der Waals surface area contributed by atoms with Gasteiger partial charge in [-0.1, -0.05) is 15.9 Å². The van der Waals surface area contributed by atoms with E-state index in [1.54, 1.807) is 0 Å². The van der Waals surface area contributed by atoms with Crippen molar-refractivity contribution in [3.05, 3.63) is 27.7 Å². The van der Waals surface area contributed by atoms with Crippen LogP contribution in [-0.2, 0) is 0 Å². The summed E-state index contributed by atoms with van der Waals surface area (Å²) in [5.41, 5.74) is 3.35. The monoisotopic (exact) mass is 252 g/mol. The molecule has 0 aliphatic rings. The van der Waals surface area contributed by atoms with Gasteiger partial charge in [0.15, 0.2) is 0 Å². The van der Waals surface area contributed by atoms with Crippen molar-refractivity contribution >= 4 is 21.6 Å². The summed E-state index contributed by atoms with van der Waals surface area (Å²) in [5, 5.41) is 11.8. The lowest BCUT2D eigenvalue weighted by atomic mass is 10.1. The fraction of sp³-hybridized carbons (Fsp3) is 0.364. The zero-order chi connectivity index (χ0) is 10.7. The predicted molar refractivity (Wildman–Crippen MR) is 62.3 cm³/mol. The third-order valence-corrected chi connectivity index (χ3v) is 3.26. The largest absolute Gasteiger partial charge is 0.370 e. The maximum absolute atomic E-state index is 8.67. The summed E-state index contributed by atoms with van der Waals surface area (Å²) in [6, 6.07) is 6.05. The van der Waals surface area contributed by atoms with E-state index in [2.05, 4.69) is 27.3 Å². The second-order valence-corrected chi connectivity index (χ2v) is 4.21. The van der Waals surface area contributed by atoms with Crippen LogP contribution in [0.2, 0.25) is 0 Å². The van der Waals surface area contributed by atoms with Crippen molar-refractivity contribution < 1.29 is 0 Å². The van der Waals surface area contributed by atoms with E-state index in [0.29, 0.717) is 0 Å². The molecule has 0 saturated heterocycles. The van der Waals surface area contributed by atoms with E-state index in [4.69, 9.17) is 5.26 Å². The maximum Gasteiger partial charge on any atom is 0.111 e. The first-order valence-corrected chi connectivity index (χ1v) is 5.26. The van der Waals surface area contributed by atoms with Crippen LogP contribution in [0.1, 0.15) is 18.1 Å². The second-order valence-electron chi connectivity index (χ2n) is 3.42. The molecule has 74 valence electrons. The lowest BCUT2D eigenvalue weighted by Gasteiger charge is -2.11. The Hall–Kier alpha value is -1.01. The molecule has 0 saturated carbocycles. The Kier molecular flexibility index (Phi) is 3.54. The number of hydrogen-bond acceptors (Lipinski definition) is 2. The Balaban J connectivity index is 2.97. The molecule has 0 fully saturated rings. The molecule has 1 unspecified atom stereocenters. The van der Waals surface area contributed by atoms with E-state index in [1.165, 1.54) is 11.1 Å². The second kappa shape index (κ2) is 4.47. The van der Waals surface area contributed by atoms with Crippen LogP contribution in [0.15, 0.2) is 16.6 Å². The molecule has 1 aromatic carbocycles. The molecule has 3 heteroatoms. The molecule has 0 heterocycles. The summed E-state index contributed by atoms with van der Waals surface area (Å²) >= 11 is 3.50.